The Morgan fingerprint density at radius 2 is 1.86 bits per heavy atom. The molecule has 0 unspecified atom stereocenters. The maximum atomic E-state index is 5.08. The number of nitrogens with two attached hydrogens (primary N) is 2. The van der Waals surface area contributed by atoms with Gasteiger partial charge >= 0.3 is 0 Å². The van der Waals surface area contributed by atoms with Crippen LogP contribution in [0.3, 0.4) is 0 Å². The number of allylic oxidation sites excluding steroid dienone is 1. The molecule has 0 atom stereocenters. The molecule has 0 aliphatic carbocycles. The summed E-state index contributed by atoms with van der Waals surface area (Å²) >= 11 is 0. The van der Waals surface area contributed by atoms with Crippen LogP contribution in [0.1, 0.15) is 5.56 Å². The van der Waals surface area contributed by atoms with Gasteiger partial charge in [0.1, 0.15) is 0 Å². The molecule has 0 spiro atoms. The summed E-state index contributed by atoms with van der Waals surface area (Å²) in [5.41, 5.74) is 11.3. The fraction of sp³-hybridized carbons (Fsp3) is 0. The first kappa shape index (κ1) is 9.98. The van der Waals surface area contributed by atoms with Crippen LogP contribution in [-0.4, -0.2) is 12.2 Å². The topological polar surface area (TPSA) is 76.8 Å². The quantitative estimate of drug-likeness (QED) is 0.421. The molecular weight excluding hydrogens is 176 g/mol. The Kier molecular flexibility index (Phi) is 3.94. The van der Waals surface area contributed by atoms with Crippen LogP contribution >= 0.6 is 0 Å². The maximum Gasteiger partial charge on any atom is 0.211 e. The van der Waals surface area contributed by atoms with Gasteiger partial charge in [0.05, 0.1) is 0 Å². The highest BCUT2D eigenvalue weighted by molar-refractivity contribution is 5.80. The van der Waals surface area contributed by atoms with E-state index in [1.54, 1.807) is 6.08 Å². The number of hydrogen-bond donors (Lipinski definition) is 2. The van der Waals surface area contributed by atoms with Crippen molar-refractivity contribution in [3.8, 4) is 0 Å². The van der Waals surface area contributed by atoms with E-state index in [1.807, 2.05) is 36.4 Å². The molecule has 1 rings (SSSR count). The van der Waals surface area contributed by atoms with E-state index in [-0.39, 0.29) is 5.96 Å². The number of benzene rings is 1. The van der Waals surface area contributed by atoms with Gasteiger partial charge in [0.25, 0.3) is 0 Å². The molecule has 1 aromatic carbocycles. The number of nitrogens with zero attached hydrogens (tertiary/aromatic N) is 2. The van der Waals surface area contributed by atoms with Crippen molar-refractivity contribution < 1.29 is 0 Å². The van der Waals surface area contributed by atoms with Crippen LogP contribution in [0.2, 0.25) is 0 Å². The summed E-state index contributed by atoms with van der Waals surface area (Å²) in [4.78, 5) is 0. The zero-order chi connectivity index (χ0) is 10.2. The average Bonchev–Trinajstić information content (AvgIpc) is 2.18. The summed E-state index contributed by atoms with van der Waals surface area (Å²) in [6, 6.07) is 9.88. The highest BCUT2D eigenvalue weighted by Crippen LogP contribution is 1.99. The third-order valence-electron chi connectivity index (χ3n) is 1.41. The molecule has 0 bridgehead atoms. The lowest BCUT2D eigenvalue weighted by Gasteiger charge is -1.87. The van der Waals surface area contributed by atoms with E-state index in [9.17, 15) is 0 Å². The lowest BCUT2D eigenvalue weighted by molar-refractivity contribution is 1.22. The van der Waals surface area contributed by atoms with Gasteiger partial charge in [0.2, 0.25) is 5.96 Å². The van der Waals surface area contributed by atoms with Crippen molar-refractivity contribution in [3.05, 3.63) is 42.0 Å². The van der Waals surface area contributed by atoms with Gasteiger partial charge < -0.3 is 11.5 Å². The standard InChI is InChI=1S/C10H12N4/c11-10(12)14-13-8-4-7-9-5-2-1-3-6-9/h1-8H,(H4,11,12,14). The number of rotatable bonds is 3. The van der Waals surface area contributed by atoms with Crippen molar-refractivity contribution in [1.82, 2.24) is 0 Å². The third-order valence-corrected chi connectivity index (χ3v) is 1.41. The van der Waals surface area contributed by atoms with E-state index in [0.29, 0.717) is 0 Å². The molecule has 0 heterocycles. The molecule has 0 radical (unpaired) electrons. The minimum Gasteiger partial charge on any atom is -0.369 e. The van der Waals surface area contributed by atoms with Crippen LogP contribution in [0.15, 0.2) is 46.6 Å². The fourth-order valence-corrected chi connectivity index (χ4v) is 0.857. The van der Waals surface area contributed by atoms with Gasteiger partial charge in [-0.15, -0.1) is 5.10 Å². The Balaban J connectivity index is 2.50. The Bertz CT molecular complexity index is 348. The van der Waals surface area contributed by atoms with E-state index in [2.05, 4.69) is 10.2 Å². The van der Waals surface area contributed by atoms with Crippen molar-refractivity contribution in [3.63, 3.8) is 0 Å². The minimum atomic E-state index is -0.0469. The monoisotopic (exact) mass is 188 g/mol. The Hall–Kier alpha value is -2.10. The van der Waals surface area contributed by atoms with Gasteiger partial charge in [-0.3, -0.25) is 0 Å². The lowest BCUT2D eigenvalue weighted by Crippen LogP contribution is -2.21. The van der Waals surface area contributed by atoms with E-state index in [4.69, 9.17) is 11.5 Å². The summed E-state index contributed by atoms with van der Waals surface area (Å²) in [6.07, 6.45) is 5.19. The van der Waals surface area contributed by atoms with Gasteiger partial charge in [-0.2, -0.15) is 5.10 Å². The van der Waals surface area contributed by atoms with Crippen LogP contribution < -0.4 is 11.5 Å². The third kappa shape index (κ3) is 4.06. The van der Waals surface area contributed by atoms with Crippen LogP contribution in [-0.2, 0) is 0 Å². The van der Waals surface area contributed by atoms with Gasteiger partial charge in [0, 0.05) is 6.21 Å². The second kappa shape index (κ2) is 5.53. The predicted octanol–water partition coefficient (Wildman–Crippen LogP) is 0.959. The summed E-state index contributed by atoms with van der Waals surface area (Å²) in [6.45, 7) is 0. The molecular formula is C10H12N4. The minimum absolute atomic E-state index is 0.0469. The number of guanidine groups is 1. The van der Waals surface area contributed by atoms with Crippen LogP contribution in [0.5, 0.6) is 0 Å². The molecule has 0 amide bonds. The molecule has 0 saturated carbocycles. The van der Waals surface area contributed by atoms with Crippen LogP contribution in [0, 0.1) is 0 Å². The molecule has 4 heteroatoms. The second-order valence-corrected chi connectivity index (χ2v) is 2.56. The summed E-state index contributed by atoms with van der Waals surface area (Å²) in [7, 11) is 0. The molecule has 14 heavy (non-hydrogen) atoms. The SMILES string of the molecule is NC(N)=NN=CC=Cc1ccccc1. The fourth-order valence-electron chi connectivity index (χ4n) is 0.857. The first-order chi connectivity index (χ1) is 6.79. The highest BCUT2D eigenvalue weighted by atomic mass is 15.3. The first-order valence-electron chi connectivity index (χ1n) is 4.13. The average molecular weight is 188 g/mol. The van der Waals surface area contributed by atoms with Crippen molar-refractivity contribution in [2.24, 2.45) is 21.7 Å². The van der Waals surface area contributed by atoms with Crippen LogP contribution in [0.25, 0.3) is 6.08 Å². The zero-order valence-electron chi connectivity index (χ0n) is 7.67. The largest absolute Gasteiger partial charge is 0.369 e. The van der Waals surface area contributed by atoms with E-state index >= 15 is 0 Å². The van der Waals surface area contributed by atoms with Crippen molar-refractivity contribution in [2.75, 3.05) is 0 Å². The molecule has 0 aliphatic heterocycles. The van der Waals surface area contributed by atoms with E-state index in [0.717, 1.165) is 5.56 Å². The molecule has 72 valence electrons. The molecule has 1 aromatic rings. The first-order valence-corrected chi connectivity index (χ1v) is 4.13. The lowest BCUT2D eigenvalue weighted by atomic mass is 10.2. The van der Waals surface area contributed by atoms with Gasteiger partial charge in [-0.05, 0) is 11.6 Å². The van der Waals surface area contributed by atoms with Crippen molar-refractivity contribution >= 4 is 18.3 Å². The highest BCUT2D eigenvalue weighted by Gasteiger charge is 1.79. The van der Waals surface area contributed by atoms with Gasteiger partial charge in [-0.25, -0.2) is 0 Å². The molecule has 0 fully saturated rings. The molecule has 4 nitrogen and oxygen atoms in total. The van der Waals surface area contributed by atoms with Gasteiger partial charge in [0.15, 0.2) is 0 Å². The molecule has 0 aromatic heterocycles. The number of hydrogen-bond acceptors (Lipinski definition) is 2. The van der Waals surface area contributed by atoms with Crippen LogP contribution in [0.4, 0.5) is 0 Å². The Morgan fingerprint density at radius 1 is 1.14 bits per heavy atom. The van der Waals surface area contributed by atoms with E-state index < -0.39 is 0 Å². The molecule has 4 N–H and O–H groups in total. The second-order valence-electron chi connectivity index (χ2n) is 2.56. The van der Waals surface area contributed by atoms with Crippen molar-refractivity contribution in [2.45, 2.75) is 0 Å². The van der Waals surface area contributed by atoms with E-state index in [1.165, 1.54) is 6.21 Å². The summed E-state index contributed by atoms with van der Waals surface area (Å²) in [5, 5.41) is 7.06. The zero-order valence-corrected chi connectivity index (χ0v) is 7.67. The molecule has 0 saturated heterocycles. The maximum absolute atomic E-state index is 5.08. The predicted molar refractivity (Wildman–Crippen MR) is 59.8 cm³/mol. The summed E-state index contributed by atoms with van der Waals surface area (Å²) in [5.74, 6) is -0.0469. The summed E-state index contributed by atoms with van der Waals surface area (Å²) < 4.78 is 0. The normalized spacial score (nSPS) is 10.9. The Labute approximate surface area is 82.6 Å². The smallest absolute Gasteiger partial charge is 0.211 e. The Morgan fingerprint density at radius 3 is 2.50 bits per heavy atom. The molecule has 0 aliphatic rings. The van der Waals surface area contributed by atoms with Gasteiger partial charge in [-0.1, -0.05) is 36.4 Å². The van der Waals surface area contributed by atoms with Crippen molar-refractivity contribution in [1.29, 1.82) is 0 Å².